The van der Waals surface area contributed by atoms with E-state index in [-0.39, 0.29) is 0 Å². The summed E-state index contributed by atoms with van der Waals surface area (Å²) in [7, 11) is 3.27. The number of aryl methyl sites for hydroxylation is 2. The van der Waals surface area contributed by atoms with Gasteiger partial charge in [0.2, 0.25) is 0 Å². The number of benzene rings is 3. The third-order valence-electron chi connectivity index (χ3n) is 5.34. The fraction of sp³-hybridized carbons (Fsp3) is 0.269. The lowest BCUT2D eigenvalue weighted by Gasteiger charge is -2.09. The predicted octanol–water partition coefficient (Wildman–Crippen LogP) is 3.90. The van der Waals surface area contributed by atoms with Crippen LogP contribution in [0.4, 0.5) is 0 Å². The molecule has 5 heteroatoms. The molecule has 0 unspecified atom stereocenters. The fourth-order valence-electron chi connectivity index (χ4n) is 3.41. The summed E-state index contributed by atoms with van der Waals surface area (Å²) in [6, 6.07) is 22.7. The van der Waals surface area contributed by atoms with E-state index >= 15 is 0 Å². The fourth-order valence-corrected chi connectivity index (χ4v) is 3.41. The van der Waals surface area contributed by atoms with Crippen LogP contribution in [0.3, 0.4) is 0 Å². The molecule has 0 atom stereocenters. The average molecular weight is 418 g/mol. The first-order valence-electron chi connectivity index (χ1n) is 10.5. The van der Waals surface area contributed by atoms with Crippen molar-refractivity contribution in [2.75, 3.05) is 20.8 Å². The Morgan fingerprint density at radius 3 is 1.84 bits per heavy atom. The van der Waals surface area contributed by atoms with Gasteiger partial charge < -0.3 is 20.9 Å². The molecule has 0 fully saturated rings. The summed E-state index contributed by atoms with van der Waals surface area (Å²) in [4.78, 5) is 4.54. The lowest BCUT2D eigenvalue weighted by Crippen LogP contribution is -2.14. The van der Waals surface area contributed by atoms with Crippen molar-refractivity contribution in [3.63, 3.8) is 0 Å². The minimum absolute atomic E-state index is 0.560. The van der Waals surface area contributed by atoms with Crippen LogP contribution in [0.5, 0.6) is 11.5 Å². The van der Waals surface area contributed by atoms with Crippen molar-refractivity contribution < 1.29 is 9.47 Å². The van der Waals surface area contributed by atoms with Crippen molar-refractivity contribution >= 4 is 5.84 Å². The monoisotopic (exact) mass is 417 g/mol. The number of nitrogens with zero attached hydrogens (tertiary/aromatic N) is 1. The molecule has 4 N–H and O–H groups in total. The molecule has 0 heterocycles. The molecule has 0 aliphatic carbocycles. The van der Waals surface area contributed by atoms with E-state index in [1.807, 2.05) is 30.3 Å². The molecule has 3 aromatic carbocycles. The predicted molar refractivity (Wildman–Crippen MR) is 127 cm³/mol. The third kappa shape index (κ3) is 6.33. The quantitative estimate of drug-likeness (QED) is 0.387. The van der Waals surface area contributed by atoms with Crippen LogP contribution in [-0.2, 0) is 25.8 Å². The topological polar surface area (TPSA) is 82.9 Å². The summed E-state index contributed by atoms with van der Waals surface area (Å²) in [5.41, 5.74) is 17.7. The maximum absolute atomic E-state index is 6.20. The van der Waals surface area contributed by atoms with Crippen LogP contribution in [0.15, 0.2) is 71.7 Å². The van der Waals surface area contributed by atoms with Gasteiger partial charge in [-0.25, -0.2) is 0 Å². The molecule has 0 bridgehead atoms. The highest BCUT2D eigenvalue weighted by atomic mass is 16.5. The van der Waals surface area contributed by atoms with Crippen LogP contribution in [0.2, 0.25) is 0 Å². The van der Waals surface area contributed by atoms with Crippen molar-refractivity contribution in [1.29, 1.82) is 0 Å². The number of methoxy groups -OCH3 is 2. The van der Waals surface area contributed by atoms with E-state index in [1.54, 1.807) is 14.2 Å². The van der Waals surface area contributed by atoms with Crippen LogP contribution < -0.4 is 20.9 Å². The number of amidine groups is 1. The summed E-state index contributed by atoms with van der Waals surface area (Å²) >= 11 is 0. The second kappa shape index (κ2) is 11.2. The summed E-state index contributed by atoms with van der Waals surface area (Å²) in [5, 5.41) is 0. The zero-order chi connectivity index (χ0) is 22.1. The molecular weight excluding hydrogens is 386 g/mol. The lowest BCUT2D eigenvalue weighted by molar-refractivity contribution is 0.354. The van der Waals surface area contributed by atoms with E-state index in [4.69, 9.17) is 20.9 Å². The number of rotatable bonds is 10. The van der Waals surface area contributed by atoms with Crippen molar-refractivity contribution in [1.82, 2.24) is 0 Å². The zero-order valence-corrected chi connectivity index (χ0v) is 18.3. The van der Waals surface area contributed by atoms with Gasteiger partial charge in [-0.2, -0.15) is 0 Å². The van der Waals surface area contributed by atoms with Gasteiger partial charge in [0, 0.05) is 18.7 Å². The molecule has 3 rings (SSSR count). The number of hydrogen-bond acceptors (Lipinski definition) is 4. The van der Waals surface area contributed by atoms with E-state index in [2.05, 4.69) is 41.4 Å². The minimum Gasteiger partial charge on any atom is -0.493 e. The van der Waals surface area contributed by atoms with Crippen LogP contribution in [0.1, 0.15) is 27.8 Å². The molecule has 0 radical (unpaired) electrons. The molecule has 0 spiro atoms. The molecule has 0 saturated carbocycles. The summed E-state index contributed by atoms with van der Waals surface area (Å²) in [6.45, 7) is 1.20. The Kier molecular flexibility index (Phi) is 8.07. The van der Waals surface area contributed by atoms with Gasteiger partial charge in [-0.15, -0.1) is 0 Å². The van der Waals surface area contributed by atoms with Crippen molar-refractivity contribution in [2.24, 2.45) is 16.5 Å². The number of aliphatic imine (C=N–C) groups is 1. The largest absolute Gasteiger partial charge is 0.493 e. The van der Waals surface area contributed by atoms with Gasteiger partial charge in [-0.3, -0.25) is 4.99 Å². The van der Waals surface area contributed by atoms with Gasteiger partial charge in [-0.05, 0) is 53.6 Å². The Morgan fingerprint density at radius 2 is 1.26 bits per heavy atom. The van der Waals surface area contributed by atoms with Crippen molar-refractivity contribution in [2.45, 2.75) is 25.8 Å². The normalized spacial score (nSPS) is 11.4. The molecule has 0 aliphatic heterocycles. The van der Waals surface area contributed by atoms with Crippen molar-refractivity contribution in [3.8, 4) is 11.5 Å². The standard InChI is InChI=1S/C26H31N3O2/c1-30-24-14-11-21(17-25(24)31-2)15-16-29-26(28)23-12-9-20(10-13-23)4-3-19-5-7-22(18-27)8-6-19/h5-14,17H,3-4,15-16,18,27H2,1-2H3,(H2,28,29). The van der Waals surface area contributed by atoms with Crippen LogP contribution in [0.25, 0.3) is 0 Å². The van der Waals surface area contributed by atoms with Gasteiger partial charge in [0.05, 0.1) is 14.2 Å². The van der Waals surface area contributed by atoms with Gasteiger partial charge in [0.15, 0.2) is 11.5 Å². The minimum atomic E-state index is 0.560. The maximum atomic E-state index is 6.20. The third-order valence-corrected chi connectivity index (χ3v) is 5.34. The van der Waals surface area contributed by atoms with E-state index in [1.165, 1.54) is 11.1 Å². The average Bonchev–Trinajstić information content (AvgIpc) is 2.83. The number of ether oxygens (including phenoxy) is 2. The highest BCUT2D eigenvalue weighted by Crippen LogP contribution is 2.27. The smallest absolute Gasteiger partial charge is 0.160 e. The van der Waals surface area contributed by atoms with Crippen molar-refractivity contribution in [3.05, 3.63) is 94.5 Å². The zero-order valence-electron chi connectivity index (χ0n) is 18.3. The van der Waals surface area contributed by atoms with Gasteiger partial charge in [-0.1, -0.05) is 54.6 Å². The van der Waals surface area contributed by atoms with Gasteiger partial charge in [0.25, 0.3) is 0 Å². The van der Waals surface area contributed by atoms with E-state index in [0.29, 0.717) is 18.9 Å². The molecule has 162 valence electrons. The van der Waals surface area contributed by atoms with Crippen LogP contribution >= 0.6 is 0 Å². The second-order valence-electron chi connectivity index (χ2n) is 7.42. The molecule has 31 heavy (non-hydrogen) atoms. The molecule has 0 saturated heterocycles. The van der Waals surface area contributed by atoms with E-state index < -0.39 is 0 Å². The Bertz CT molecular complexity index is 996. The molecule has 0 aliphatic rings. The lowest BCUT2D eigenvalue weighted by atomic mass is 10.0. The SMILES string of the molecule is COc1ccc(CCN=C(N)c2ccc(CCc3ccc(CN)cc3)cc2)cc1OC. The molecule has 0 aromatic heterocycles. The molecular formula is C26H31N3O2. The highest BCUT2D eigenvalue weighted by Gasteiger charge is 2.05. The first-order chi connectivity index (χ1) is 15.1. The maximum Gasteiger partial charge on any atom is 0.160 e. The van der Waals surface area contributed by atoms with E-state index in [9.17, 15) is 0 Å². The summed E-state index contributed by atoms with van der Waals surface area (Å²) < 4.78 is 10.6. The highest BCUT2D eigenvalue weighted by molar-refractivity contribution is 5.97. The second-order valence-corrected chi connectivity index (χ2v) is 7.42. The molecule has 5 nitrogen and oxygen atoms in total. The van der Waals surface area contributed by atoms with Crippen LogP contribution in [0, 0.1) is 0 Å². The van der Waals surface area contributed by atoms with Gasteiger partial charge in [0.1, 0.15) is 5.84 Å². The Hall–Kier alpha value is -3.31. The number of hydrogen-bond donors (Lipinski definition) is 2. The summed E-state index contributed by atoms with van der Waals surface area (Å²) in [5.74, 6) is 2.01. The van der Waals surface area contributed by atoms with E-state index in [0.717, 1.165) is 47.5 Å². The Morgan fingerprint density at radius 1 is 0.710 bits per heavy atom. The molecule has 0 amide bonds. The summed E-state index contributed by atoms with van der Waals surface area (Å²) in [6.07, 6.45) is 2.76. The Balaban J connectivity index is 1.53. The first kappa shape index (κ1) is 22.4. The first-order valence-corrected chi connectivity index (χ1v) is 10.5. The number of nitrogens with two attached hydrogens (primary N) is 2. The molecule has 3 aromatic rings. The van der Waals surface area contributed by atoms with Crippen LogP contribution in [-0.4, -0.2) is 26.6 Å². The Labute approximate surface area is 184 Å². The van der Waals surface area contributed by atoms with Gasteiger partial charge >= 0.3 is 0 Å².